The van der Waals surface area contributed by atoms with E-state index in [1.807, 2.05) is 6.92 Å². The third-order valence-corrected chi connectivity index (χ3v) is 2.99. The number of oxazole rings is 1. The first-order valence-corrected chi connectivity index (χ1v) is 5.82. The van der Waals surface area contributed by atoms with E-state index in [9.17, 15) is 5.11 Å². The van der Waals surface area contributed by atoms with Crippen LogP contribution >= 0.6 is 31.9 Å². The number of halogens is 2. The van der Waals surface area contributed by atoms with E-state index in [2.05, 4.69) is 36.8 Å². The largest absolute Gasteiger partial charge is 0.504 e. The molecule has 0 atom stereocenters. The fourth-order valence-corrected chi connectivity index (χ4v) is 2.39. The second-order valence-corrected chi connectivity index (χ2v) is 4.49. The topological polar surface area (TPSA) is 55.5 Å². The fourth-order valence-electron chi connectivity index (χ4n) is 1.17. The molecule has 15 heavy (non-hydrogen) atoms. The standard InChI is InChI=1S/C9H7Br2NO3/c1-2-14-9-12-6-7(13)4(10)3-5(11)8(6)15-9/h3,13H,2H2,1H3. The molecule has 0 saturated carbocycles. The Balaban J connectivity index is 2.68. The maximum atomic E-state index is 9.72. The van der Waals surface area contributed by atoms with Gasteiger partial charge in [0.25, 0.3) is 0 Å². The van der Waals surface area contributed by atoms with E-state index >= 15 is 0 Å². The molecular weight excluding hydrogens is 330 g/mol. The normalized spacial score (nSPS) is 10.9. The Morgan fingerprint density at radius 1 is 1.47 bits per heavy atom. The molecule has 0 aliphatic carbocycles. The molecule has 0 saturated heterocycles. The van der Waals surface area contributed by atoms with Crippen molar-refractivity contribution in [2.24, 2.45) is 0 Å². The number of hydrogen-bond acceptors (Lipinski definition) is 4. The first-order chi connectivity index (χ1) is 7.13. The van der Waals surface area contributed by atoms with E-state index in [1.54, 1.807) is 6.07 Å². The summed E-state index contributed by atoms with van der Waals surface area (Å²) >= 11 is 6.53. The summed E-state index contributed by atoms with van der Waals surface area (Å²) in [5.74, 6) is 0.0444. The predicted molar refractivity (Wildman–Crippen MR) is 62.2 cm³/mol. The van der Waals surface area contributed by atoms with Crippen LogP contribution in [0.2, 0.25) is 0 Å². The lowest BCUT2D eigenvalue weighted by Gasteiger charge is -1.97. The third-order valence-electron chi connectivity index (χ3n) is 1.80. The van der Waals surface area contributed by atoms with Crippen LogP contribution in [0.25, 0.3) is 11.1 Å². The van der Waals surface area contributed by atoms with Crippen LogP contribution in [-0.2, 0) is 0 Å². The minimum atomic E-state index is 0.0444. The molecule has 0 aliphatic heterocycles. The van der Waals surface area contributed by atoms with Gasteiger partial charge in [0, 0.05) is 0 Å². The number of benzene rings is 1. The molecule has 1 aromatic heterocycles. The molecule has 0 amide bonds. The summed E-state index contributed by atoms with van der Waals surface area (Å²) in [5, 5.41) is 9.72. The van der Waals surface area contributed by atoms with Gasteiger partial charge in [-0.2, -0.15) is 4.98 Å². The van der Waals surface area contributed by atoms with E-state index in [0.717, 1.165) is 0 Å². The van der Waals surface area contributed by atoms with Crippen LogP contribution in [0, 0.1) is 0 Å². The molecule has 1 heterocycles. The van der Waals surface area contributed by atoms with E-state index in [1.165, 1.54) is 0 Å². The van der Waals surface area contributed by atoms with Gasteiger partial charge >= 0.3 is 6.08 Å². The van der Waals surface area contributed by atoms with Crippen LogP contribution < -0.4 is 4.74 Å². The summed E-state index contributed by atoms with van der Waals surface area (Å²) in [6.45, 7) is 2.30. The smallest absolute Gasteiger partial charge is 0.394 e. The van der Waals surface area contributed by atoms with Gasteiger partial charge in [0.2, 0.25) is 0 Å². The average Bonchev–Trinajstić information content (AvgIpc) is 2.60. The molecule has 2 rings (SSSR count). The zero-order valence-electron chi connectivity index (χ0n) is 7.75. The Kier molecular flexibility index (Phi) is 2.88. The van der Waals surface area contributed by atoms with Gasteiger partial charge in [-0.25, -0.2) is 0 Å². The van der Waals surface area contributed by atoms with Gasteiger partial charge < -0.3 is 14.3 Å². The monoisotopic (exact) mass is 335 g/mol. The second kappa shape index (κ2) is 4.02. The Morgan fingerprint density at radius 3 is 2.87 bits per heavy atom. The predicted octanol–water partition coefficient (Wildman–Crippen LogP) is 3.46. The number of hydrogen-bond donors (Lipinski definition) is 1. The molecule has 0 fully saturated rings. The molecule has 0 aliphatic rings. The molecule has 80 valence electrons. The number of fused-ring (bicyclic) bond motifs is 1. The Morgan fingerprint density at radius 2 is 2.20 bits per heavy atom. The van der Waals surface area contributed by atoms with Gasteiger partial charge in [-0.1, -0.05) is 0 Å². The van der Waals surface area contributed by atoms with Gasteiger partial charge in [0.1, 0.15) is 0 Å². The molecule has 0 radical (unpaired) electrons. The summed E-state index contributed by atoms with van der Waals surface area (Å²) in [6.07, 6.45) is 0.154. The Hall–Kier alpha value is -0.750. The lowest BCUT2D eigenvalue weighted by atomic mass is 10.3. The van der Waals surface area contributed by atoms with Crippen molar-refractivity contribution in [1.82, 2.24) is 4.98 Å². The third kappa shape index (κ3) is 1.83. The number of ether oxygens (including phenoxy) is 1. The molecule has 6 heteroatoms. The highest BCUT2D eigenvalue weighted by Crippen LogP contribution is 2.38. The number of phenolic OH excluding ortho intramolecular Hbond substituents is 1. The number of phenols is 1. The molecule has 1 N–H and O–H groups in total. The van der Waals surface area contributed by atoms with Crippen molar-refractivity contribution in [3.63, 3.8) is 0 Å². The van der Waals surface area contributed by atoms with E-state index in [4.69, 9.17) is 9.15 Å². The van der Waals surface area contributed by atoms with Crippen LogP contribution in [0.5, 0.6) is 11.8 Å². The van der Waals surface area contributed by atoms with E-state index < -0.39 is 0 Å². The average molecular weight is 337 g/mol. The van der Waals surface area contributed by atoms with Crippen molar-refractivity contribution in [1.29, 1.82) is 0 Å². The highest BCUT2D eigenvalue weighted by atomic mass is 79.9. The van der Waals surface area contributed by atoms with Crippen molar-refractivity contribution < 1.29 is 14.3 Å². The maximum absolute atomic E-state index is 9.72. The van der Waals surface area contributed by atoms with Crippen LogP contribution in [-0.4, -0.2) is 16.7 Å². The zero-order chi connectivity index (χ0) is 11.0. The lowest BCUT2D eigenvalue weighted by Crippen LogP contribution is -1.90. The number of nitrogens with zero attached hydrogens (tertiary/aromatic N) is 1. The first kappa shape index (κ1) is 10.8. The highest BCUT2D eigenvalue weighted by molar-refractivity contribution is 9.11. The molecule has 0 spiro atoms. The summed E-state index contributed by atoms with van der Waals surface area (Å²) in [7, 11) is 0. The van der Waals surface area contributed by atoms with Crippen LogP contribution in [0.15, 0.2) is 19.4 Å². The van der Waals surface area contributed by atoms with E-state index in [0.29, 0.717) is 26.7 Å². The SMILES string of the molecule is CCOc1nc2c(O)c(Br)cc(Br)c2o1. The molecule has 2 aromatic rings. The van der Waals surface area contributed by atoms with Gasteiger partial charge in [-0.05, 0) is 44.8 Å². The lowest BCUT2D eigenvalue weighted by molar-refractivity contribution is 0.251. The Bertz CT molecular complexity index is 510. The highest BCUT2D eigenvalue weighted by Gasteiger charge is 2.16. The molecular formula is C9H7Br2NO3. The van der Waals surface area contributed by atoms with Crippen LogP contribution in [0.1, 0.15) is 6.92 Å². The minimum Gasteiger partial charge on any atom is -0.504 e. The fraction of sp³-hybridized carbons (Fsp3) is 0.222. The number of aromatic nitrogens is 1. The summed E-state index contributed by atoms with van der Waals surface area (Å²) in [5.41, 5.74) is 0.846. The molecule has 0 unspecified atom stereocenters. The summed E-state index contributed by atoms with van der Waals surface area (Å²) in [6, 6.07) is 1.69. The van der Waals surface area contributed by atoms with Crippen molar-refractivity contribution in [3.8, 4) is 11.8 Å². The maximum Gasteiger partial charge on any atom is 0.394 e. The first-order valence-electron chi connectivity index (χ1n) is 4.23. The quantitative estimate of drug-likeness (QED) is 0.912. The zero-order valence-corrected chi connectivity index (χ0v) is 10.9. The van der Waals surface area contributed by atoms with Crippen LogP contribution in [0.3, 0.4) is 0 Å². The van der Waals surface area contributed by atoms with Gasteiger partial charge in [-0.15, -0.1) is 0 Å². The van der Waals surface area contributed by atoms with Gasteiger partial charge in [0.05, 0.1) is 15.6 Å². The Labute approximate surface area is 102 Å². The molecule has 4 nitrogen and oxygen atoms in total. The number of rotatable bonds is 2. The molecule has 0 bridgehead atoms. The summed E-state index contributed by atoms with van der Waals surface area (Å²) in [4.78, 5) is 4.02. The van der Waals surface area contributed by atoms with Gasteiger partial charge in [0.15, 0.2) is 16.8 Å². The van der Waals surface area contributed by atoms with Crippen LogP contribution in [0.4, 0.5) is 0 Å². The van der Waals surface area contributed by atoms with E-state index in [-0.39, 0.29) is 11.8 Å². The second-order valence-electron chi connectivity index (χ2n) is 2.78. The van der Waals surface area contributed by atoms with Gasteiger partial charge in [-0.3, -0.25) is 0 Å². The van der Waals surface area contributed by atoms with Crippen molar-refractivity contribution in [2.75, 3.05) is 6.61 Å². The van der Waals surface area contributed by atoms with Crippen molar-refractivity contribution >= 4 is 43.0 Å². The number of aromatic hydroxyl groups is 1. The van der Waals surface area contributed by atoms with Crippen molar-refractivity contribution in [2.45, 2.75) is 6.92 Å². The summed E-state index contributed by atoms with van der Waals surface area (Å²) < 4.78 is 11.7. The van der Waals surface area contributed by atoms with Crippen molar-refractivity contribution in [3.05, 3.63) is 15.0 Å². The minimum absolute atomic E-state index is 0.0444. The molecule has 1 aromatic carbocycles.